The molecule has 1 aliphatic carbocycles. The van der Waals surface area contributed by atoms with Gasteiger partial charge < -0.3 is 10.4 Å². The Morgan fingerprint density at radius 1 is 1.47 bits per heavy atom. The molecule has 1 saturated carbocycles. The SMILES string of the molecule is CC1(C)C(O)CC1NCc1cc(F)cc(Br)c1. The summed E-state index contributed by atoms with van der Waals surface area (Å²) in [5.74, 6) is -0.232. The lowest BCUT2D eigenvalue weighted by Crippen LogP contribution is -2.59. The summed E-state index contributed by atoms with van der Waals surface area (Å²) in [4.78, 5) is 0. The maximum absolute atomic E-state index is 13.2. The van der Waals surface area contributed by atoms with E-state index in [1.807, 2.05) is 19.9 Å². The van der Waals surface area contributed by atoms with Crippen molar-refractivity contribution in [2.24, 2.45) is 5.41 Å². The monoisotopic (exact) mass is 301 g/mol. The van der Waals surface area contributed by atoms with E-state index in [1.54, 1.807) is 0 Å². The van der Waals surface area contributed by atoms with Gasteiger partial charge in [-0.3, -0.25) is 0 Å². The van der Waals surface area contributed by atoms with Gasteiger partial charge in [-0.05, 0) is 30.2 Å². The fourth-order valence-electron chi connectivity index (χ4n) is 2.20. The molecule has 0 aliphatic heterocycles. The van der Waals surface area contributed by atoms with Gasteiger partial charge >= 0.3 is 0 Å². The molecule has 2 N–H and O–H groups in total. The molecule has 4 heteroatoms. The van der Waals surface area contributed by atoms with Crippen LogP contribution in [-0.2, 0) is 6.54 Å². The Balaban J connectivity index is 1.95. The second-order valence-corrected chi connectivity index (χ2v) is 6.20. The average molecular weight is 302 g/mol. The highest BCUT2D eigenvalue weighted by Gasteiger charge is 2.46. The van der Waals surface area contributed by atoms with Crippen LogP contribution in [-0.4, -0.2) is 17.3 Å². The molecular weight excluding hydrogens is 285 g/mol. The van der Waals surface area contributed by atoms with Gasteiger partial charge in [-0.25, -0.2) is 4.39 Å². The molecule has 1 fully saturated rings. The Bertz CT molecular complexity index is 402. The van der Waals surface area contributed by atoms with E-state index in [4.69, 9.17) is 0 Å². The minimum Gasteiger partial charge on any atom is -0.392 e. The van der Waals surface area contributed by atoms with Crippen LogP contribution in [0.5, 0.6) is 0 Å². The van der Waals surface area contributed by atoms with Gasteiger partial charge in [0.15, 0.2) is 0 Å². The lowest BCUT2D eigenvalue weighted by Gasteiger charge is -2.49. The van der Waals surface area contributed by atoms with Crippen LogP contribution in [0.15, 0.2) is 22.7 Å². The number of aliphatic hydroxyl groups is 1. The zero-order valence-electron chi connectivity index (χ0n) is 10.0. The largest absolute Gasteiger partial charge is 0.392 e. The second kappa shape index (κ2) is 4.67. The molecule has 17 heavy (non-hydrogen) atoms. The molecule has 0 bridgehead atoms. The molecule has 2 rings (SSSR count). The summed E-state index contributed by atoms with van der Waals surface area (Å²) >= 11 is 3.28. The van der Waals surface area contributed by atoms with Gasteiger partial charge in [0, 0.05) is 22.5 Å². The predicted octanol–water partition coefficient (Wildman–Crippen LogP) is 2.84. The molecule has 0 heterocycles. The molecule has 2 nitrogen and oxygen atoms in total. The van der Waals surface area contributed by atoms with Crippen LogP contribution in [0.3, 0.4) is 0 Å². The van der Waals surface area contributed by atoms with Gasteiger partial charge in [0.1, 0.15) is 5.82 Å². The Kier molecular flexibility index (Phi) is 3.57. The Morgan fingerprint density at radius 2 is 2.18 bits per heavy atom. The van der Waals surface area contributed by atoms with E-state index >= 15 is 0 Å². The van der Waals surface area contributed by atoms with E-state index in [1.165, 1.54) is 12.1 Å². The highest BCUT2D eigenvalue weighted by Crippen LogP contribution is 2.40. The first-order chi connectivity index (χ1) is 7.89. The van der Waals surface area contributed by atoms with Crippen LogP contribution in [0.25, 0.3) is 0 Å². The van der Waals surface area contributed by atoms with E-state index in [2.05, 4.69) is 21.2 Å². The van der Waals surface area contributed by atoms with Crippen molar-refractivity contribution in [2.45, 2.75) is 39.0 Å². The second-order valence-electron chi connectivity index (χ2n) is 5.28. The van der Waals surface area contributed by atoms with Crippen LogP contribution in [0.1, 0.15) is 25.8 Å². The smallest absolute Gasteiger partial charge is 0.124 e. The van der Waals surface area contributed by atoms with Crippen molar-refractivity contribution in [3.63, 3.8) is 0 Å². The maximum Gasteiger partial charge on any atom is 0.124 e. The third-order valence-corrected chi connectivity index (χ3v) is 4.15. The fourth-order valence-corrected chi connectivity index (χ4v) is 2.72. The van der Waals surface area contributed by atoms with Crippen LogP contribution in [0, 0.1) is 11.2 Å². The van der Waals surface area contributed by atoms with E-state index in [0.29, 0.717) is 12.6 Å². The van der Waals surface area contributed by atoms with E-state index in [0.717, 1.165) is 16.5 Å². The topological polar surface area (TPSA) is 32.3 Å². The van der Waals surface area contributed by atoms with Gasteiger partial charge in [-0.2, -0.15) is 0 Å². The third-order valence-electron chi connectivity index (χ3n) is 3.69. The first-order valence-electron chi connectivity index (χ1n) is 5.76. The minimum atomic E-state index is -0.237. The first-order valence-corrected chi connectivity index (χ1v) is 6.55. The van der Waals surface area contributed by atoms with Crippen LogP contribution in [0.2, 0.25) is 0 Å². The Labute approximate surface area is 109 Å². The zero-order chi connectivity index (χ0) is 12.6. The van der Waals surface area contributed by atoms with Crippen molar-refractivity contribution in [2.75, 3.05) is 0 Å². The van der Waals surface area contributed by atoms with Gasteiger partial charge in [-0.15, -0.1) is 0 Å². The van der Waals surface area contributed by atoms with Crippen molar-refractivity contribution in [1.29, 1.82) is 0 Å². The summed E-state index contributed by atoms with van der Waals surface area (Å²) in [5, 5.41) is 13.0. The normalized spacial score (nSPS) is 26.6. The fraction of sp³-hybridized carbons (Fsp3) is 0.538. The van der Waals surface area contributed by atoms with Crippen LogP contribution >= 0.6 is 15.9 Å². The molecule has 94 valence electrons. The number of rotatable bonds is 3. The molecule has 0 spiro atoms. The van der Waals surface area contributed by atoms with Crippen LogP contribution < -0.4 is 5.32 Å². The van der Waals surface area contributed by atoms with E-state index in [9.17, 15) is 9.50 Å². The lowest BCUT2D eigenvalue weighted by molar-refractivity contribution is -0.0729. The minimum absolute atomic E-state index is 0.0927. The molecule has 1 aromatic rings. The molecule has 2 unspecified atom stereocenters. The van der Waals surface area contributed by atoms with Gasteiger partial charge in [0.2, 0.25) is 0 Å². The standard InChI is InChI=1S/C13H17BrFNO/c1-13(2)11(6-12(13)17)16-7-8-3-9(14)5-10(15)4-8/h3-5,11-12,16-17H,6-7H2,1-2H3. The number of hydrogen-bond acceptors (Lipinski definition) is 2. The Morgan fingerprint density at radius 3 is 2.71 bits per heavy atom. The molecule has 1 aliphatic rings. The summed E-state index contributed by atoms with van der Waals surface area (Å²) in [7, 11) is 0. The average Bonchev–Trinajstić information content (AvgIpc) is 2.22. The molecule has 0 saturated heterocycles. The van der Waals surface area contributed by atoms with E-state index < -0.39 is 0 Å². The highest BCUT2D eigenvalue weighted by atomic mass is 79.9. The molecular formula is C13H17BrFNO. The summed E-state index contributed by atoms with van der Waals surface area (Å²) in [5.41, 5.74) is 0.818. The molecule has 0 aromatic heterocycles. The third kappa shape index (κ3) is 2.69. The summed E-state index contributed by atoms with van der Waals surface area (Å²) in [6.07, 6.45) is 0.531. The molecule has 2 atom stereocenters. The van der Waals surface area contributed by atoms with E-state index in [-0.39, 0.29) is 17.3 Å². The quantitative estimate of drug-likeness (QED) is 0.900. The Hall–Kier alpha value is -0.450. The molecule has 1 aromatic carbocycles. The predicted molar refractivity (Wildman–Crippen MR) is 69.1 cm³/mol. The van der Waals surface area contributed by atoms with Gasteiger partial charge in [-0.1, -0.05) is 29.8 Å². The van der Waals surface area contributed by atoms with Gasteiger partial charge in [0.25, 0.3) is 0 Å². The van der Waals surface area contributed by atoms with Crippen molar-refractivity contribution < 1.29 is 9.50 Å². The zero-order valence-corrected chi connectivity index (χ0v) is 11.6. The first kappa shape index (κ1) is 13.0. The van der Waals surface area contributed by atoms with Crippen molar-refractivity contribution >= 4 is 15.9 Å². The van der Waals surface area contributed by atoms with Crippen molar-refractivity contribution in [1.82, 2.24) is 5.32 Å². The number of benzene rings is 1. The number of aliphatic hydroxyl groups excluding tert-OH is 1. The number of nitrogens with one attached hydrogen (secondary N) is 1. The van der Waals surface area contributed by atoms with Crippen molar-refractivity contribution in [3.8, 4) is 0 Å². The lowest BCUT2D eigenvalue weighted by atomic mass is 9.64. The van der Waals surface area contributed by atoms with Gasteiger partial charge in [0.05, 0.1) is 6.10 Å². The molecule has 0 radical (unpaired) electrons. The maximum atomic E-state index is 13.2. The molecule has 0 amide bonds. The van der Waals surface area contributed by atoms with Crippen LogP contribution in [0.4, 0.5) is 4.39 Å². The summed E-state index contributed by atoms with van der Waals surface area (Å²) in [6.45, 7) is 4.71. The number of halogens is 2. The van der Waals surface area contributed by atoms with Crippen molar-refractivity contribution in [3.05, 3.63) is 34.1 Å². The number of hydrogen-bond donors (Lipinski definition) is 2. The summed E-state index contributed by atoms with van der Waals surface area (Å²) in [6, 6.07) is 5.16. The summed E-state index contributed by atoms with van der Waals surface area (Å²) < 4.78 is 13.9. The highest BCUT2D eigenvalue weighted by molar-refractivity contribution is 9.10.